The largest absolute Gasteiger partial charge is 0.493 e. The van der Waals surface area contributed by atoms with Gasteiger partial charge in [0.25, 0.3) is 0 Å². The van der Waals surface area contributed by atoms with E-state index in [1.807, 2.05) is 18.2 Å². The van der Waals surface area contributed by atoms with Gasteiger partial charge in [-0.2, -0.15) is 5.10 Å². The molecule has 0 bridgehead atoms. The number of ether oxygens (including phenoxy) is 2. The molecule has 3 aliphatic rings. The fraction of sp³-hybridized carbons (Fsp3) is 0.538. The van der Waals surface area contributed by atoms with Crippen molar-refractivity contribution in [1.29, 1.82) is 0 Å². The van der Waals surface area contributed by atoms with E-state index in [9.17, 15) is 14.4 Å². The van der Waals surface area contributed by atoms with Gasteiger partial charge < -0.3 is 24.8 Å². The zero-order valence-corrected chi connectivity index (χ0v) is 20.8. The first kappa shape index (κ1) is 25.5. The molecule has 0 spiro atoms. The first-order chi connectivity index (χ1) is 17.4. The summed E-state index contributed by atoms with van der Waals surface area (Å²) in [6, 6.07) is 5.67. The van der Waals surface area contributed by atoms with Crippen LogP contribution in [0.3, 0.4) is 0 Å². The van der Waals surface area contributed by atoms with E-state index >= 15 is 0 Å². The first-order valence-corrected chi connectivity index (χ1v) is 12.5. The summed E-state index contributed by atoms with van der Waals surface area (Å²) in [4.78, 5) is 38.4. The summed E-state index contributed by atoms with van der Waals surface area (Å²) in [5, 5.41) is 17.5. The smallest absolute Gasteiger partial charge is 0.404 e. The number of hydrogen-bond acceptors (Lipinski definition) is 6. The Balaban J connectivity index is 1.48. The van der Waals surface area contributed by atoms with E-state index in [0.717, 1.165) is 17.7 Å². The number of fused-ring (bicyclic) bond motifs is 1. The number of methoxy groups -OCH3 is 2. The quantitative estimate of drug-likeness (QED) is 0.420. The lowest BCUT2D eigenvalue weighted by Crippen LogP contribution is -2.52. The molecule has 0 saturated carbocycles. The molecule has 0 radical (unpaired) electrons. The van der Waals surface area contributed by atoms with Gasteiger partial charge >= 0.3 is 6.09 Å². The summed E-state index contributed by atoms with van der Waals surface area (Å²) >= 11 is 0. The lowest BCUT2D eigenvalue weighted by atomic mass is 9.76. The Kier molecular flexibility index (Phi) is 8.12. The Bertz CT molecular complexity index is 1050. The van der Waals surface area contributed by atoms with Gasteiger partial charge in [0, 0.05) is 37.5 Å². The standard InChI is InChI=1S/C26H34N4O6/c1-35-21-10-9-17(16-22(21)36-2)24-19-6-3-4-7-20(19)25(32)30(28-24)18-11-14-29(15-12-18)23(31)8-5-13-27-26(33)34/h3-4,9-10,16,18-20,27H,5-8,11-15H2,1-2H3,(H,33,34)/t19-,20+/m0/s1. The number of nitrogens with zero attached hydrogens (tertiary/aromatic N) is 3. The molecule has 0 aromatic heterocycles. The number of carbonyl (C=O) groups excluding carboxylic acids is 2. The van der Waals surface area contributed by atoms with Gasteiger partial charge in [-0.15, -0.1) is 0 Å². The molecule has 4 rings (SSSR count). The molecule has 36 heavy (non-hydrogen) atoms. The van der Waals surface area contributed by atoms with E-state index in [-0.39, 0.29) is 36.2 Å². The molecule has 2 aliphatic heterocycles. The molecule has 2 N–H and O–H groups in total. The molecule has 1 aromatic carbocycles. The number of hydrogen-bond donors (Lipinski definition) is 2. The van der Waals surface area contributed by atoms with Crippen LogP contribution in [0.2, 0.25) is 0 Å². The van der Waals surface area contributed by atoms with Crippen molar-refractivity contribution in [2.75, 3.05) is 33.9 Å². The summed E-state index contributed by atoms with van der Waals surface area (Å²) < 4.78 is 10.9. The number of rotatable bonds is 8. The van der Waals surface area contributed by atoms with Gasteiger partial charge in [-0.1, -0.05) is 12.2 Å². The lowest BCUT2D eigenvalue weighted by molar-refractivity contribution is -0.142. The highest BCUT2D eigenvalue weighted by Gasteiger charge is 2.43. The number of hydrazone groups is 1. The fourth-order valence-electron chi connectivity index (χ4n) is 5.28. The van der Waals surface area contributed by atoms with Crippen LogP contribution in [0.1, 0.15) is 44.1 Å². The van der Waals surface area contributed by atoms with Crippen molar-refractivity contribution in [2.24, 2.45) is 16.9 Å². The molecule has 1 fully saturated rings. The Morgan fingerprint density at radius 1 is 1.08 bits per heavy atom. The third-order valence-corrected chi connectivity index (χ3v) is 7.23. The highest BCUT2D eigenvalue weighted by Crippen LogP contribution is 2.38. The molecule has 1 aliphatic carbocycles. The molecule has 2 heterocycles. The van der Waals surface area contributed by atoms with E-state index in [2.05, 4.69) is 17.5 Å². The maximum Gasteiger partial charge on any atom is 0.404 e. The maximum absolute atomic E-state index is 13.5. The van der Waals surface area contributed by atoms with E-state index < -0.39 is 6.09 Å². The van der Waals surface area contributed by atoms with Gasteiger partial charge in [0.05, 0.1) is 31.9 Å². The van der Waals surface area contributed by atoms with Crippen LogP contribution >= 0.6 is 0 Å². The lowest BCUT2D eigenvalue weighted by Gasteiger charge is -2.42. The topological polar surface area (TPSA) is 121 Å². The average molecular weight is 499 g/mol. The minimum absolute atomic E-state index is 0.0117. The second-order valence-electron chi connectivity index (χ2n) is 9.34. The zero-order valence-electron chi connectivity index (χ0n) is 20.8. The molecule has 3 amide bonds. The van der Waals surface area contributed by atoms with Crippen LogP contribution in [0.15, 0.2) is 35.5 Å². The molecule has 1 saturated heterocycles. The molecule has 10 heteroatoms. The van der Waals surface area contributed by atoms with Crippen LogP contribution in [0.25, 0.3) is 0 Å². The van der Waals surface area contributed by atoms with E-state index in [1.165, 1.54) is 0 Å². The van der Waals surface area contributed by atoms with Crippen LogP contribution in [0.4, 0.5) is 4.79 Å². The van der Waals surface area contributed by atoms with Crippen LogP contribution in [0, 0.1) is 11.8 Å². The minimum atomic E-state index is -1.09. The molecule has 10 nitrogen and oxygen atoms in total. The number of allylic oxidation sites excluding steroid dienone is 2. The van der Waals surface area contributed by atoms with Crippen molar-refractivity contribution in [3.8, 4) is 11.5 Å². The van der Waals surface area contributed by atoms with Crippen molar-refractivity contribution >= 4 is 23.6 Å². The normalized spacial score (nSPS) is 22.1. The number of piperidine rings is 1. The summed E-state index contributed by atoms with van der Waals surface area (Å²) in [7, 11) is 3.20. The molecular formula is C26H34N4O6. The molecule has 194 valence electrons. The van der Waals surface area contributed by atoms with Gasteiger partial charge in [0.15, 0.2) is 11.5 Å². The SMILES string of the molecule is COc1ccc(C2=NN(C3CCN(C(=O)CCCNC(=O)O)CC3)C(=O)[C@@H]3CC=CC[C@H]23)cc1OC. The van der Waals surface area contributed by atoms with Crippen LogP contribution in [-0.4, -0.2) is 78.5 Å². The minimum Gasteiger partial charge on any atom is -0.493 e. The summed E-state index contributed by atoms with van der Waals surface area (Å²) in [6.45, 7) is 1.36. The summed E-state index contributed by atoms with van der Waals surface area (Å²) in [5.74, 6) is 1.18. The van der Waals surface area contributed by atoms with Gasteiger partial charge in [-0.05, 0) is 50.3 Å². The molecule has 2 atom stereocenters. The molecule has 1 aromatic rings. The van der Waals surface area contributed by atoms with Gasteiger partial charge in [-0.3, -0.25) is 9.59 Å². The van der Waals surface area contributed by atoms with Gasteiger partial charge in [-0.25, -0.2) is 9.80 Å². The number of nitrogens with one attached hydrogen (secondary N) is 1. The summed E-state index contributed by atoms with van der Waals surface area (Å²) in [5.41, 5.74) is 1.80. The van der Waals surface area contributed by atoms with Crippen molar-refractivity contribution < 1.29 is 29.0 Å². The van der Waals surface area contributed by atoms with Crippen molar-refractivity contribution in [3.63, 3.8) is 0 Å². The van der Waals surface area contributed by atoms with Crippen LogP contribution in [-0.2, 0) is 9.59 Å². The van der Waals surface area contributed by atoms with Crippen molar-refractivity contribution in [1.82, 2.24) is 15.2 Å². The van der Waals surface area contributed by atoms with Gasteiger partial charge in [0.1, 0.15) is 0 Å². The maximum atomic E-state index is 13.5. The molecule has 0 unspecified atom stereocenters. The molecular weight excluding hydrogens is 464 g/mol. The van der Waals surface area contributed by atoms with Crippen LogP contribution in [0.5, 0.6) is 11.5 Å². The second-order valence-corrected chi connectivity index (χ2v) is 9.34. The predicted molar refractivity (Wildman–Crippen MR) is 133 cm³/mol. The monoisotopic (exact) mass is 498 g/mol. The third-order valence-electron chi connectivity index (χ3n) is 7.23. The highest BCUT2D eigenvalue weighted by atomic mass is 16.5. The second kappa shape index (κ2) is 11.5. The number of carboxylic acid groups (broad SMARTS) is 1. The fourth-order valence-corrected chi connectivity index (χ4v) is 5.28. The average Bonchev–Trinajstić information content (AvgIpc) is 2.91. The van der Waals surface area contributed by atoms with Crippen molar-refractivity contribution in [2.45, 2.75) is 44.6 Å². The number of likely N-dealkylation sites (tertiary alicyclic amines) is 1. The highest BCUT2D eigenvalue weighted by molar-refractivity contribution is 6.07. The number of carbonyl (C=O) groups is 3. The van der Waals surface area contributed by atoms with E-state index in [4.69, 9.17) is 19.7 Å². The Morgan fingerprint density at radius 2 is 1.78 bits per heavy atom. The van der Waals surface area contributed by atoms with Crippen LogP contribution < -0.4 is 14.8 Å². The predicted octanol–water partition coefficient (Wildman–Crippen LogP) is 2.87. The zero-order chi connectivity index (χ0) is 25.7. The summed E-state index contributed by atoms with van der Waals surface area (Å²) in [6.07, 6.45) is 6.64. The number of amides is 3. The first-order valence-electron chi connectivity index (χ1n) is 12.5. The number of benzene rings is 1. The van der Waals surface area contributed by atoms with Gasteiger partial charge in [0.2, 0.25) is 11.8 Å². The van der Waals surface area contributed by atoms with E-state index in [1.54, 1.807) is 24.1 Å². The Hall–Kier alpha value is -3.56. The Morgan fingerprint density at radius 3 is 2.44 bits per heavy atom. The van der Waals surface area contributed by atoms with E-state index in [0.29, 0.717) is 56.7 Å². The third kappa shape index (κ3) is 5.47. The Labute approximate surface area is 210 Å². The van der Waals surface area contributed by atoms with Crippen molar-refractivity contribution in [3.05, 3.63) is 35.9 Å².